The fourth-order valence-corrected chi connectivity index (χ4v) is 1.86. The monoisotopic (exact) mass is 243 g/mol. The number of aryl methyl sites for hydroxylation is 1. The highest BCUT2D eigenvalue weighted by atomic mass is 16.4. The minimum absolute atomic E-state index is 0.0923. The molecule has 90 valence electrons. The Kier molecular flexibility index (Phi) is 2.12. The van der Waals surface area contributed by atoms with E-state index in [1.165, 1.54) is 0 Å². The molecule has 0 aliphatic heterocycles. The average molecular weight is 243 g/mol. The van der Waals surface area contributed by atoms with E-state index in [0.29, 0.717) is 11.3 Å². The Labute approximate surface area is 101 Å². The van der Waals surface area contributed by atoms with Gasteiger partial charge >= 0.3 is 5.97 Å². The zero-order valence-electron chi connectivity index (χ0n) is 9.45. The van der Waals surface area contributed by atoms with Crippen LogP contribution < -0.4 is 0 Å². The van der Waals surface area contributed by atoms with E-state index in [2.05, 4.69) is 20.4 Å². The summed E-state index contributed by atoms with van der Waals surface area (Å²) < 4.78 is 1.89. The Morgan fingerprint density at radius 3 is 3.00 bits per heavy atom. The molecule has 2 N–H and O–H groups in total. The summed E-state index contributed by atoms with van der Waals surface area (Å²) in [5, 5.41) is 18.8. The molecule has 2 heterocycles. The van der Waals surface area contributed by atoms with Crippen LogP contribution in [0.2, 0.25) is 0 Å². The third kappa shape index (κ3) is 1.45. The van der Waals surface area contributed by atoms with Crippen molar-refractivity contribution in [3.05, 3.63) is 30.2 Å². The standard InChI is InChI=1S/C11H9N5O2/c1-16-5-12-7-4-6(2-3-8(7)16)9-10(11(17)18)14-15-13-9/h2-5H,1H3,(H,17,18)(H,13,14,15). The molecular formula is C11H9N5O2. The molecule has 3 aromatic rings. The molecule has 0 atom stereocenters. The third-order valence-corrected chi connectivity index (χ3v) is 2.75. The van der Waals surface area contributed by atoms with Crippen molar-refractivity contribution in [2.75, 3.05) is 0 Å². The molecule has 0 aliphatic rings. The van der Waals surface area contributed by atoms with E-state index in [9.17, 15) is 4.79 Å². The molecule has 0 aliphatic carbocycles. The maximum absolute atomic E-state index is 11.0. The topological polar surface area (TPSA) is 96.7 Å². The van der Waals surface area contributed by atoms with Crippen LogP contribution >= 0.6 is 0 Å². The smallest absolute Gasteiger partial charge is 0.358 e. The van der Waals surface area contributed by atoms with Crippen molar-refractivity contribution in [2.24, 2.45) is 7.05 Å². The summed E-state index contributed by atoms with van der Waals surface area (Å²) in [4.78, 5) is 15.2. The van der Waals surface area contributed by atoms with Crippen LogP contribution in [-0.4, -0.2) is 36.0 Å². The molecule has 0 saturated carbocycles. The largest absolute Gasteiger partial charge is 0.476 e. The first-order chi connectivity index (χ1) is 8.66. The fraction of sp³-hybridized carbons (Fsp3) is 0.0909. The second-order valence-electron chi connectivity index (χ2n) is 3.88. The van der Waals surface area contributed by atoms with Gasteiger partial charge in [0.05, 0.1) is 17.4 Å². The van der Waals surface area contributed by atoms with Crippen molar-refractivity contribution in [2.45, 2.75) is 0 Å². The Hall–Kier alpha value is -2.70. The van der Waals surface area contributed by atoms with Gasteiger partial charge in [0.25, 0.3) is 0 Å². The average Bonchev–Trinajstić information content (AvgIpc) is 2.96. The number of H-pyrrole nitrogens is 1. The predicted molar refractivity (Wildman–Crippen MR) is 63.1 cm³/mol. The van der Waals surface area contributed by atoms with Gasteiger partial charge in [-0.15, -0.1) is 5.10 Å². The maximum atomic E-state index is 11.0. The Bertz CT molecular complexity index is 743. The van der Waals surface area contributed by atoms with Crippen LogP contribution in [0.25, 0.3) is 22.3 Å². The number of imidazole rings is 1. The lowest BCUT2D eigenvalue weighted by Gasteiger charge is -1.99. The van der Waals surface area contributed by atoms with Gasteiger partial charge in [0.2, 0.25) is 0 Å². The summed E-state index contributed by atoms with van der Waals surface area (Å²) >= 11 is 0. The Morgan fingerprint density at radius 1 is 1.39 bits per heavy atom. The van der Waals surface area contributed by atoms with Crippen molar-refractivity contribution in [3.63, 3.8) is 0 Å². The number of hydrogen-bond acceptors (Lipinski definition) is 4. The molecule has 2 aromatic heterocycles. The van der Waals surface area contributed by atoms with Crippen LogP contribution in [-0.2, 0) is 7.05 Å². The first-order valence-corrected chi connectivity index (χ1v) is 5.22. The van der Waals surface area contributed by atoms with E-state index >= 15 is 0 Å². The summed E-state index contributed by atoms with van der Waals surface area (Å²) in [5.41, 5.74) is 2.65. The summed E-state index contributed by atoms with van der Waals surface area (Å²) in [5.74, 6) is -1.11. The van der Waals surface area contributed by atoms with Gasteiger partial charge in [0.1, 0.15) is 5.69 Å². The minimum atomic E-state index is -1.11. The molecule has 0 spiro atoms. The van der Waals surface area contributed by atoms with E-state index in [1.54, 1.807) is 18.5 Å². The first kappa shape index (κ1) is 10.5. The predicted octanol–water partition coefficient (Wildman–Crippen LogP) is 1.06. The number of hydrogen-bond donors (Lipinski definition) is 2. The number of fused-ring (bicyclic) bond motifs is 1. The van der Waals surface area contributed by atoms with Crippen LogP contribution in [0, 0.1) is 0 Å². The number of carboxylic acid groups (broad SMARTS) is 1. The molecule has 0 bridgehead atoms. The van der Waals surface area contributed by atoms with Crippen molar-refractivity contribution >= 4 is 17.0 Å². The lowest BCUT2D eigenvalue weighted by molar-refractivity contribution is 0.0691. The van der Waals surface area contributed by atoms with E-state index in [-0.39, 0.29) is 5.69 Å². The second-order valence-corrected chi connectivity index (χ2v) is 3.88. The van der Waals surface area contributed by atoms with Gasteiger partial charge in [-0.1, -0.05) is 6.07 Å². The third-order valence-electron chi connectivity index (χ3n) is 2.75. The first-order valence-electron chi connectivity index (χ1n) is 5.22. The van der Waals surface area contributed by atoms with Crippen LogP contribution in [0.1, 0.15) is 10.5 Å². The molecule has 7 nitrogen and oxygen atoms in total. The molecule has 0 unspecified atom stereocenters. The number of benzene rings is 1. The van der Waals surface area contributed by atoms with E-state index in [4.69, 9.17) is 5.11 Å². The van der Waals surface area contributed by atoms with Gasteiger partial charge in [-0.25, -0.2) is 9.78 Å². The van der Waals surface area contributed by atoms with E-state index in [0.717, 1.165) is 11.0 Å². The summed E-state index contributed by atoms with van der Waals surface area (Å²) in [7, 11) is 1.90. The van der Waals surface area contributed by atoms with E-state index in [1.807, 2.05) is 17.7 Å². The lowest BCUT2D eigenvalue weighted by atomic mass is 10.1. The summed E-state index contributed by atoms with van der Waals surface area (Å²) in [6, 6.07) is 5.46. The highest BCUT2D eigenvalue weighted by Crippen LogP contribution is 2.23. The van der Waals surface area contributed by atoms with Crippen molar-refractivity contribution in [1.29, 1.82) is 0 Å². The molecule has 0 saturated heterocycles. The molecule has 1 aromatic carbocycles. The van der Waals surface area contributed by atoms with Crippen LogP contribution in [0.5, 0.6) is 0 Å². The molecule has 0 fully saturated rings. The van der Waals surface area contributed by atoms with Crippen LogP contribution in [0.15, 0.2) is 24.5 Å². The van der Waals surface area contributed by atoms with Crippen LogP contribution in [0.3, 0.4) is 0 Å². The van der Waals surface area contributed by atoms with E-state index < -0.39 is 5.97 Å². The molecular weight excluding hydrogens is 234 g/mol. The van der Waals surface area contributed by atoms with Gasteiger partial charge < -0.3 is 9.67 Å². The number of aromatic nitrogens is 5. The SMILES string of the molecule is Cn1cnc2cc(-c3n[nH]nc3C(=O)O)ccc21. The second kappa shape index (κ2) is 3.66. The number of aromatic carboxylic acids is 1. The minimum Gasteiger partial charge on any atom is -0.476 e. The van der Waals surface area contributed by atoms with Gasteiger partial charge in [0.15, 0.2) is 5.69 Å². The van der Waals surface area contributed by atoms with Gasteiger partial charge in [0, 0.05) is 12.6 Å². The number of nitrogens with one attached hydrogen (secondary N) is 1. The highest BCUT2D eigenvalue weighted by molar-refractivity contribution is 5.93. The Balaban J connectivity index is 2.19. The van der Waals surface area contributed by atoms with Gasteiger partial charge in [-0.05, 0) is 12.1 Å². The number of carbonyl (C=O) groups is 1. The number of rotatable bonds is 2. The van der Waals surface area contributed by atoms with Crippen molar-refractivity contribution < 1.29 is 9.90 Å². The molecule has 7 heteroatoms. The van der Waals surface area contributed by atoms with Crippen molar-refractivity contribution in [3.8, 4) is 11.3 Å². The van der Waals surface area contributed by atoms with Gasteiger partial charge in [-0.3, -0.25) is 0 Å². The molecule has 3 rings (SSSR count). The zero-order valence-corrected chi connectivity index (χ0v) is 9.45. The van der Waals surface area contributed by atoms with Crippen LogP contribution in [0.4, 0.5) is 0 Å². The zero-order chi connectivity index (χ0) is 12.7. The number of aromatic amines is 1. The fourth-order valence-electron chi connectivity index (χ4n) is 1.86. The van der Waals surface area contributed by atoms with Crippen molar-refractivity contribution in [1.82, 2.24) is 25.0 Å². The summed E-state index contributed by atoms with van der Waals surface area (Å²) in [6.07, 6.45) is 1.70. The molecule has 18 heavy (non-hydrogen) atoms. The lowest BCUT2D eigenvalue weighted by Crippen LogP contribution is -1.99. The molecule has 0 radical (unpaired) electrons. The highest BCUT2D eigenvalue weighted by Gasteiger charge is 2.17. The quantitative estimate of drug-likeness (QED) is 0.701. The maximum Gasteiger partial charge on any atom is 0.358 e. The molecule has 0 amide bonds. The number of nitrogens with zero attached hydrogens (tertiary/aromatic N) is 4. The normalized spacial score (nSPS) is 10.9. The number of carboxylic acids is 1. The van der Waals surface area contributed by atoms with Gasteiger partial charge in [-0.2, -0.15) is 10.3 Å². The Morgan fingerprint density at radius 2 is 2.22 bits per heavy atom. The summed E-state index contributed by atoms with van der Waals surface area (Å²) in [6.45, 7) is 0.